The molecule has 1 aliphatic rings. The molecule has 0 bridgehead atoms. The summed E-state index contributed by atoms with van der Waals surface area (Å²) in [4.78, 5) is 52.4. The summed E-state index contributed by atoms with van der Waals surface area (Å²) in [5.41, 5.74) is 2.91. The first-order valence-electron chi connectivity index (χ1n) is 15.4. The standard InChI is InChI=1S/C35H34N6O6S/c1-25-30-17-18-31(42)41(29-15-13-28(14-16-29)33(43)40(48(2,45)46)23-26-9-5-3-6-10-26)32(30)37-34(36-25)38-19-21-39(22-20-38)35(44)47-24-27-11-7-4-8-12-27/h3-18H,19-24H2,1-2H3. The molecule has 0 atom stereocenters. The van der Waals surface area contributed by atoms with Gasteiger partial charge in [0.05, 0.1) is 24.2 Å². The molecule has 3 aromatic carbocycles. The summed E-state index contributed by atoms with van der Waals surface area (Å²) in [6, 6.07) is 27.7. The summed E-state index contributed by atoms with van der Waals surface area (Å²) in [5, 5.41) is 0.674. The maximum Gasteiger partial charge on any atom is 0.410 e. The second-order valence-corrected chi connectivity index (χ2v) is 13.4. The molecule has 6 rings (SSSR count). The Balaban J connectivity index is 1.22. The van der Waals surface area contributed by atoms with E-state index in [9.17, 15) is 22.8 Å². The smallest absolute Gasteiger partial charge is 0.410 e. The van der Waals surface area contributed by atoms with Gasteiger partial charge in [0.2, 0.25) is 16.0 Å². The number of carbonyl (C=O) groups is 2. The molecule has 0 saturated carbocycles. The van der Waals surface area contributed by atoms with Gasteiger partial charge >= 0.3 is 6.09 Å². The number of piperazine rings is 1. The number of benzene rings is 3. The molecule has 5 aromatic rings. The number of nitrogens with zero attached hydrogens (tertiary/aromatic N) is 6. The molecule has 2 amide bonds. The zero-order valence-electron chi connectivity index (χ0n) is 26.5. The van der Waals surface area contributed by atoms with E-state index in [1.54, 1.807) is 47.4 Å². The van der Waals surface area contributed by atoms with Crippen LogP contribution in [0, 0.1) is 6.92 Å². The Morgan fingerprint density at radius 1 is 0.812 bits per heavy atom. The van der Waals surface area contributed by atoms with Gasteiger partial charge in [0, 0.05) is 43.2 Å². The number of ether oxygens (including phenoxy) is 1. The Kier molecular flexibility index (Phi) is 9.21. The minimum absolute atomic E-state index is 0.106. The third-order valence-electron chi connectivity index (χ3n) is 8.12. The van der Waals surface area contributed by atoms with Crippen LogP contribution in [0.2, 0.25) is 0 Å². The number of aryl methyl sites for hydroxylation is 1. The summed E-state index contributed by atoms with van der Waals surface area (Å²) < 4.78 is 32.9. The Labute approximate surface area is 277 Å². The van der Waals surface area contributed by atoms with Crippen molar-refractivity contribution in [2.75, 3.05) is 37.3 Å². The lowest BCUT2D eigenvalue weighted by molar-refractivity contribution is 0.0855. The highest BCUT2D eigenvalue weighted by atomic mass is 32.2. The molecule has 0 N–H and O–H groups in total. The number of pyridine rings is 1. The monoisotopic (exact) mass is 666 g/mol. The van der Waals surface area contributed by atoms with Gasteiger partial charge in [0.15, 0.2) is 5.65 Å². The Morgan fingerprint density at radius 3 is 2.06 bits per heavy atom. The molecule has 0 unspecified atom stereocenters. The van der Waals surface area contributed by atoms with Crippen molar-refractivity contribution in [2.45, 2.75) is 20.1 Å². The van der Waals surface area contributed by atoms with Crippen LogP contribution in [0.1, 0.15) is 27.2 Å². The fraction of sp³-hybridized carbons (Fsp3) is 0.229. The average molecular weight is 667 g/mol. The highest BCUT2D eigenvalue weighted by Crippen LogP contribution is 2.23. The fourth-order valence-corrected chi connectivity index (χ4v) is 6.32. The van der Waals surface area contributed by atoms with Crippen molar-refractivity contribution in [1.82, 2.24) is 23.7 Å². The predicted octanol–water partition coefficient (Wildman–Crippen LogP) is 4.15. The van der Waals surface area contributed by atoms with E-state index in [-0.39, 0.29) is 30.4 Å². The third kappa shape index (κ3) is 7.05. The molecule has 13 heteroatoms. The van der Waals surface area contributed by atoms with Gasteiger partial charge in [-0.2, -0.15) is 4.98 Å². The zero-order chi connectivity index (χ0) is 33.8. The maximum absolute atomic E-state index is 13.4. The van der Waals surface area contributed by atoms with Crippen molar-refractivity contribution in [2.24, 2.45) is 0 Å². The lowest BCUT2D eigenvalue weighted by Crippen LogP contribution is -2.49. The topological polar surface area (TPSA) is 135 Å². The highest BCUT2D eigenvalue weighted by Gasteiger charge is 2.26. The van der Waals surface area contributed by atoms with E-state index in [1.807, 2.05) is 48.2 Å². The summed E-state index contributed by atoms with van der Waals surface area (Å²) in [6.45, 7) is 3.71. The molecule has 246 valence electrons. The molecule has 1 saturated heterocycles. The number of amides is 2. The third-order valence-corrected chi connectivity index (χ3v) is 9.22. The van der Waals surface area contributed by atoms with Gasteiger partial charge in [-0.05, 0) is 48.4 Å². The molecule has 1 fully saturated rings. The van der Waals surface area contributed by atoms with Crippen molar-refractivity contribution in [3.05, 3.63) is 130 Å². The van der Waals surface area contributed by atoms with E-state index < -0.39 is 15.9 Å². The first kappa shape index (κ1) is 32.4. The first-order chi connectivity index (χ1) is 23.1. The number of anilines is 1. The normalized spacial score (nSPS) is 13.4. The van der Waals surface area contributed by atoms with Crippen LogP contribution in [-0.2, 0) is 27.9 Å². The van der Waals surface area contributed by atoms with Crippen LogP contribution in [0.15, 0.2) is 102 Å². The highest BCUT2D eigenvalue weighted by molar-refractivity contribution is 7.88. The van der Waals surface area contributed by atoms with E-state index in [0.717, 1.165) is 16.1 Å². The predicted molar refractivity (Wildman–Crippen MR) is 181 cm³/mol. The van der Waals surface area contributed by atoms with Gasteiger partial charge in [-0.1, -0.05) is 60.7 Å². The molecule has 1 aliphatic heterocycles. The van der Waals surface area contributed by atoms with Crippen molar-refractivity contribution in [1.29, 1.82) is 0 Å². The molecular weight excluding hydrogens is 632 g/mol. The van der Waals surface area contributed by atoms with Crippen molar-refractivity contribution in [3.63, 3.8) is 0 Å². The lowest BCUT2D eigenvalue weighted by atomic mass is 10.1. The molecule has 2 aromatic heterocycles. The fourth-order valence-electron chi connectivity index (χ4n) is 5.53. The number of sulfonamides is 1. The number of aromatic nitrogens is 3. The van der Waals surface area contributed by atoms with E-state index >= 15 is 0 Å². The van der Waals surface area contributed by atoms with E-state index in [2.05, 4.69) is 0 Å². The Hall–Kier alpha value is -5.56. The van der Waals surface area contributed by atoms with E-state index in [4.69, 9.17) is 14.7 Å². The van der Waals surface area contributed by atoms with Crippen LogP contribution in [0.3, 0.4) is 0 Å². The molecule has 0 spiro atoms. The Morgan fingerprint density at radius 2 is 1.44 bits per heavy atom. The van der Waals surface area contributed by atoms with Gasteiger partial charge in [-0.25, -0.2) is 22.5 Å². The zero-order valence-corrected chi connectivity index (χ0v) is 27.3. The largest absolute Gasteiger partial charge is 0.445 e. The number of hydrogen-bond donors (Lipinski definition) is 0. The van der Waals surface area contributed by atoms with E-state index in [0.29, 0.717) is 60.1 Å². The van der Waals surface area contributed by atoms with Crippen molar-refractivity contribution in [3.8, 4) is 5.69 Å². The van der Waals surface area contributed by atoms with Gasteiger partial charge in [-0.3, -0.25) is 14.2 Å². The summed E-state index contributed by atoms with van der Waals surface area (Å²) in [6.07, 6.45) is 0.610. The summed E-state index contributed by atoms with van der Waals surface area (Å²) in [7, 11) is -3.87. The maximum atomic E-state index is 13.4. The molecule has 0 aliphatic carbocycles. The summed E-state index contributed by atoms with van der Waals surface area (Å²) >= 11 is 0. The Bertz CT molecular complexity index is 2120. The van der Waals surface area contributed by atoms with Crippen molar-refractivity contribution >= 4 is 39.0 Å². The first-order valence-corrected chi connectivity index (χ1v) is 17.2. The van der Waals surface area contributed by atoms with Crippen LogP contribution >= 0.6 is 0 Å². The quantitative estimate of drug-likeness (QED) is 0.239. The van der Waals surface area contributed by atoms with Crippen LogP contribution in [0.4, 0.5) is 10.7 Å². The van der Waals surface area contributed by atoms with Gasteiger partial charge < -0.3 is 14.5 Å². The number of carbonyl (C=O) groups excluding carboxylic acids is 2. The second-order valence-electron chi connectivity index (χ2n) is 11.5. The number of hydrogen-bond acceptors (Lipinski definition) is 9. The lowest BCUT2D eigenvalue weighted by Gasteiger charge is -2.34. The van der Waals surface area contributed by atoms with Crippen LogP contribution in [0.25, 0.3) is 16.7 Å². The molecule has 3 heterocycles. The molecule has 12 nitrogen and oxygen atoms in total. The summed E-state index contributed by atoms with van der Waals surface area (Å²) in [5.74, 6) is -0.255. The molecule has 48 heavy (non-hydrogen) atoms. The molecular formula is C35H34N6O6S. The SMILES string of the molecule is Cc1nc(N2CCN(C(=O)OCc3ccccc3)CC2)nc2c1ccc(=O)n2-c1ccc(C(=O)N(Cc2ccccc2)S(C)(=O)=O)cc1. The molecule has 0 radical (unpaired) electrons. The minimum atomic E-state index is -3.87. The van der Waals surface area contributed by atoms with Crippen molar-refractivity contribution < 1.29 is 22.7 Å². The van der Waals surface area contributed by atoms with Crippen LogP contribution < -0.4 is 10.5 Å². The van der Waals surface area contributed by atoms with Gasteiger partial charge in [-0.15, -0.1) is 0 Å². The second kappa shape index (κ2) is 13.7. The van der Waals surface area contributed by atoms with E-state index in [1.165, 1.54) is 22.8 Å². The minimum Gasteiger partial charge on any atom is -0.445 e. The number of rotatable bonds is 8. The van der Waals surface area contributed by atoms with Gasteiger partial charge in [0.25, 0.3) is 11.5 Å². The van der Waals surface area contributed by atoms with Crippen LogP contribution in [0.5, 0.6) is 0 Å². The average Bonchev–Trinajstić information content (AvgIpc) is 3.09. The van der Waals surface area contributed by atoms with Gasteiger partial charge in [0.1, 0.15) is 6.61 Å². The van der Waals surface area contributed by atoms with Crippen LogP contribution in [-0.4, -0.2) is 76.6 Å². The number of fused-ring (bicyclic) bond motifs is 1.